The van der Waals surface area contributed by atoms with Gasteiger partial charge in [0.15, 0.2) is 0 Å². The highest BCUT2D eigenvalue weighted by Crippen LogP contribution is 2.31. The average molecular weight is 268 g/mol. The van der Waals surface area contributed by atoms with Crippen LogP contribution in [-0.2, 0) is 5.41 Å². The van der Waals surface area contributed by atoms with E-state index in [4.69, 9.17) is 11.6 Å². The summed E-state index contributed by atoms with van der Waals surface area (Å²) in [6.07, 6.45) is 1.03. The fraction of sp³-hybridized carbons (Fsp3) is 0.625. The molecule has 0 N–H and O–H groups in total. The molecule has 0 aliphatic heterocycles. The zero-order valence-corrected chi connectivity index (χ0v) is 13.4. The topological polar surface area (TPSA) is 3.24 Å². The Balaban J connectivity index is 3.09. The molecule has 0 aliphatic rings. The zero-order valence-electron chi connectivity index (χ0n) is 12.6. The molecule has 0 fully saturated rings. The quantitative estimate of drug-likeness (QED) is 0.717. The lowest BCUT2D eigenvalue weighted by Crippen LogP contribution is -2.22. The molecule has 0 saturated heterocycles. The van der Waals surface area contributed by atoms with Crippen molar-refractivity contribution in [2.75, 3.05) is 24.4 Å². The molecule has 102 valence electrons. The number of aryl methyl sites for hydroxylation is 2. The van der Waals surface area contributed by atoms with Crippen LogP contribution >= 0.6 is 11.6 Å². The van der Waals surface area contributed by atoms with Gasteiger partial charge in [0.2, 0.25) is 0 Å². The Morgan fingerprint density at radius 1 is 1.11 bits per heavy atom. The van der Waals surface area contributed by atoms with Crippen LogP contribution < -0.4 is 4.90 Å². The van der Waals surface area contributed by atoms with Crippen LogP contribution in [0.3, 0.4) is 0 Å². The minimum atomic E-state index is 0.211. The highest BCUT2D eigenvalue weighted by molar-refractivity contribution is 6.17. The number of rotatable bonds is 4. The summed E-state index contributed by atoms with van der Waals surface area (Å²) in [5.74, 6) is 0.725. The Bertz CT molecular complexity index is 381. The first kappa shape index (κ1) is 15.4. The maximum atomic E-state index is 5.77. The van der Waals surface area contributed by atoms with Gasteiger partial charge in [-0.05, 0) is 42.4 Å². The standard InChI is InChI=1S/C16H26ClN/c1-12-10-14(16(3,4)5)11-13(2)15(12)18(6)9-7-8-17/h10-11H,7-9H2,1-6H3. The van der Waals surface area contributed by atoms with E-state index in [1.807, 2.05) is 0 Å². The molecule has 0 saturated carbocycles. The fourth-order valence-corrected chi connectivity index (χ4v) is 2.52. The van der Waals surface area contributed by atoms with Gasteiger partial charge in [0.25, 0.3) is 0 Å². The molecule has 0 atom stereocenters. The molecule has 18 heavy (non-hydrogen) atoms. The summed E-state index contributed by atoms with van der Waals surface area (Å²) in [5.41, 5.74) is 5.69. The lowest BCUT2D eigenvalue weighted by Gasteiger charge is -2.27. The van der Waals surface area contributed by atoms with Crippen molar-refractivity contribution < 1.29 is 0 Å². The van der Waals surface area contributed by atoms with E-state index in [1.165, 1.54) is 22.4 Å². The highest BCUT2D eigenvalue weighted by atomic mass is 35.5. The van der Waals surface area contributed by atoms with Gasteiger partial charge in [0.1, 0.15) is 0 Å². The number of benzene rings is 1. The Labute approximate surface area is 117 Å². The molecule has 0 amide bonds. The van der Waals surface area contributed by atoms with Gasteiger partial charge in [-0.1, -0.05) is 32.9 Å². The molecule has 0 bridgehead atoms. The van der Waals surface area contributed by atoms with Crippen molar-refractivity contribution in [2.24, 2.45) is 0 Å². The van der Waals surface area contributed by atoms with E-state index >= 15 is 0 Å². The molecule has 1 aromatic carbocycles. The van der Waals surface area contributed by atoms with Gasteiger partial charge in [-0.25, -0.2) is 0 Å². The van der Waals surface area contributed by atoms with Crippen molar-refractivity contribution in [1.82, 2.24) is 0 Å². The molecular weight excluding hydrogens is 242 g/mol. The SMILES string of the molecule is Cc1cc(C(C)(C)C)cc(C)c1N(C)CCCCl. The number of hydrogen-bond acceptors (Lipinski definition) is 1. The van der Waals surface area contributed by atoms with E-state index in [0.717, 1.165) is 18.8 Å². The third kappa shape index (κ3) is 3.65. The number of anilines is 1. The van der Waals surface area contributed by atoms with Crippen LogP contribution in [0.2, 0.25) is 0 Å². The Kier molecular flexibility index (Phi) is 5.10. The van der Waals surface area contributed by atoms with Crippen LogP contribution in [0.5, 0.6) is 0 Å². The second kappa shape index (κ2) is 5.97. The van der Waals surface area contributed by atoms with Gasteiger partial charge >= 0.3 is 0 Å². The first-order valence-electron chi connectivity index (χ1n) is 6.66. The number of halogens is 1. The maximum Gasteiger partial charge on any atom is 0.0423 e. The molecule has 0 aliphatic carbocycles. The molecule has 2 heteroatoms. The van der Waals surface area contributed by atoms with Gasteiger partial charge in [-0.3, -0.25) is 0 Å². The van der Waals surface area contributed by atoms with Crippen LogP contribution in [0.4, 0.5) is 5.69 Å². The lowest BCUT2D eigenvalue weighted by molar-refractivity contribution is 0.589. The summed E-state index contributed by atoms with van der Waals surface area (Å²) >= 11 is 5.77. The number of hydrogen-bond donors (Lipinski definition) is 0. The van der Waals surface area contributed by atoms with E-state index in [1.54, 1.807) is 0 Å². The molecule has 0 aromatic heterocycles. The molecular formula is C16H26ClN. The monoisotopic (exact) mass is 267 g/mol. The van der Waals surface area contributed by atoms with Crippen molar-refractivity contribution in [3.05, 3.63) is 28.8 Å². The molecule has 0 unspecified atom stereocenters. The predicted octanol–water partition coefficient (Wildman–Crippen LogP) is 4.67. The van der Waals surface area contributed by atoms with Crippen molar-refractivity contribution >= 4 is 17.3 Å². The van der Waals surface area contributed by atoms with Crippen molar-refractivity contribution in [3.8, 4) is 0 Å². The smallest absolute Gasteiger partial charge is 0.0423 e. The van der Waals surface area contributed by atoms with E-state index in [9.17, 15) is 0 Å². The average Bonchev–Trinajstić information content (AvgIpc) is 2.24. The molecule has 0 spiro atoms. The van der Waals surface area contributed by atoms with Crippen LogP contribution in [0.15, 0.2) is 12.1 Å². The van der Waals surface area contributed by atoms with E-state index in [2.05, 4.69) is 58.7 Å². The summed E-state index contributed by atoms with van der Waals surface area (Å²) in [5, 5.41) is 0. The first-order valence-corrected chi connectivity index (χ1v) is 7.19. The fourth-order valence-electron chi connectivity index (χ4n) is 2.40. The predicted molar refractivity (Wildman–Crippen MR) is 83.2 cm³/mol. The summed E-state index contributed by atoms with van der Waals surface area (Å²) in [6, 6.07) is 4.64. The summed E-state index contributed by atoms with van der Waals surface area (Å²) in [6.45, 7) is 12.2. The number of nitrogens with zero attached hydrogens (tertiary/aromatic N) is 1. The normalized spacial score (nSPS) is 11.7. The molecule has 1 rings (SSSR count). The van der Waals surface area contributed by atoms with Crippen molar-refractivity contribution in [2.45, 2.75) is 46.5 Å². The van der Waals surface area contributed by atoms with Crippen LogP contribution in [0, 0.1) is 13.8 Å². The molecule has 1 nitrogen and oxygen atoms in total. The van der Waals surface area contributed by atoms with Gasteiger partial charge in [-0.2, -0.15) is 0 Å². The Morgan fingerprint density at radius 3 is 2.00 bits per heavy atom. The minimum Gasteiger partial charge on any atom is -0.374 e. The zero-order chi connectivity index (χ0) is 13.9. The van der Waals surface area contributed by atoms with E-state index in [0.29, 0.717) is 0 Å². The third-order valence-electron chi connectivity index (χ3n) is 3.37. The third-order valence-corrected chi connectivity index (χ3v) is 3.63. The largest absolute Gasteiger partial charge is 0.374 e. The van der Waals surface area contributed by atoms with Gasteiger partial charge in [0.05, 0.1) is 0 Å². The van der Waals surface area contributed by atoms with Crippen LogP contribution in [0.1, 0.15) is 43.9 Å². The van der Waals surface area contributed by atoms with Crippen molar-refractivity contribution in [1.29, 1.82) is 0 Å². The van der Waals surface area contributed by atoms with Gasteiger partial charge in [-0.15, -0.1) is 11.6 Å². The second-order valence-corrected chi connectivity index (χ2v) is 6.55. The van der Waals surface area contributed by atoms with Gasteiger partial charge < -0.3 is 4.90 Å². The molecule has 1 aromatic rings. The van der Waals surface area contributed by atoms with Crippen LogP contribution in [-0.4, -0.2) is 19.5 Å². The molecule has 0 heterocycles. The Morgan fingerprint density at radius 2 is 1.61 bits per heavy atom. The highest BCUT2D eigenvalue weighted by Gasteiger charge is 2.17. The summed E-state index contributed by atoms with van der Waals surface area (Å²) in [7, 11) is 2.15. The van der Waals surface area contributed by atoms with Crippen LogP contribution in [0.25, 0.3) is 0 Å². The lowest BCUT2D eigenvalue weighted by atomic mass is 9.84. The number of alkyl halides is 1. The van der Waals surface area contributed by atoms with Crippen molar-refractivity contribution in [3.63, 3.8) is 0 Å². The Hall–Kier alpha value is -0.690. The molecule has 0 radical (unpaired) electrons. The summed E-state index contributed by atoms with van der Waals surface area (Å²) < 4.78 is 0. The van der Waals surface area contributed by atoms with E-state index < -0.39 is 0 Å². The second-order valence-electron chi connectivity index (χ2n) is 6.17. The maximum absolute atomic E-state index is 5.77. The van der Waals surface area contributed by atoms with E-state index in [-0.39, 0.29) is 5.41 Å². The first-order chi connectivity index (χ1) is 8.27. The summed E-state index contributed by atoms with van der Waals surface area (Å²) in [4.78, 5) is 2.32. The van der Waals surface area contributed by atoms with Gasteiger partial charge in [0, 0.05) is 25.2 Å². The minimum absolute atomic E-state index is 0.211.